The van der Waals surface area contributed by atoms with Gasteiger partial charge in [-0.2, -0.15) is 0 Å². The number of nitrogens with one attached hydrogen (secondary N) is 2. The number of carbonyl (C=O) groups is 1. The summed E-state index contributed by atoms with van der Waals surface area (Å²) in [6, 6.07) is 1.88. The third-order valence-corrected chi connectivity index (χ3v) is 3.89. The van der Waals surface area contributed by atoms with Gasteiger partial charge in [-0.05, 0) is 40.8 Å². The molecule has 1 amide bonds. The summed E-state index contributed by atoms with van der Waals surface area (Å²) < 4.78 is 0.882. The first-order valence-corrected chi connectivity index (χ1v) is 6.85. The lowest BCUT2D eigenvalue weighted by Gasteiger charge is -2.22. The van der Waals surface area contributed by atoms with Crippen LogP contribution < -0.4 is 11.1 Å². The van der Waals surface area contributed by atoms with Gasteiger partial charge in [0.1, 0.15) is 5.69 Å². The van der Waals surface area contributed by atoms with Gasteiger partial charge >= 0.3 is 0 Å². The zero-order chi connectivity index (χ0) is 12.3. The molecule has 2 rings (SSSR count). The molecule has 5 heteroatoms. The minimum atomic E-state index is -0.0712. The normalized spacial score (nSPS) is 18.2. The molecular weight excluding hydrogens is 282 g/mol. The van der Waals surface area contributed by atoms with Gasteiger partial charge in [-0.25, -0.2) is 0 Å². The van der Waals surface area contributed by atoms with Crippen molar-refractivity contribution in [3.8, 4) is 0 Å². The fraction of sp³-hybridized carbons (Fsp3) is 0.583. The first kappa shape index (κ1) is 12.6. The van der Waals surface area contributed by atoms with E-state index in [1.54, 1.807) is 12.3 Å². The Morgan fingerprint density at radius 2 is 2.29 bits per heavy atom. The second-order valence-electron chi connectivity index (χ2n) is 4.59. The summed E-state index contributed by atoms with van der Waals surface area (Å²) in [6.07, 6.45) is 6.62. The Kier molecular flexibility index (Phi) is 4.23. The minimum Gasteiger partial charge on any atom is -0.356 e. The number of halogens is 1. The third kappa shape index (κ3) is 3.10. The zero-order valence-electron chi connectivity index (χ0n) is 9.71. The van der Waals surface area contributed by atoms with Crippen molar-refractivity contribution in [3.63, 3.8) is 0 Å². The maximum Gasteiger partial charge on any atom is 0.268 e. The summed E-state index contributed by atoms with van der Waals surface area (Å²) in [5.74, 6) is 0.473. The third-order valence-electron chi connectivity index (χ3n) is 3.43. The van der Waals surface area contributed by atoms with Gasteiger partial charge in [0, 0.05) is 23.3 Å². The summed E-state index contributed by atoms with van der Waals surface area (Å²) >= 11 is 3.31. The van der Waals surface area contributed by atoms with Gasteiger partial charge in [0.2, 0.25) is 0 Å². The first-order chi connectivity index (χ1) is 8.20. The Morgan fingerprint density at radius 3 is 2.82 bits per heavy atom. The average molecular weight is 300 g/mol. The van der Waals surface area contributed by atoms with E-state index in [0.29, 0.717) is 18.2 Å². The Labute approximate surface area is 109 Å². The van der Waals surface area contributed by atoms with Crippen LogP contribution in [0.25, 0.3) is 0 Å². The number of carbonyl (C=O) groups excluding carboxylic acids is 1. The second kappa shape index (κ2) is 5.69. The number of aromatic nitrogens is 1. The smallest absolute Gasteiger partial charge is 0.268 e. The lowest BCUT2D eigenvalue weighted by Crippen LogP contribution is -2.44. The van der Waals surface area contributed by atoms with Crippen LogP contribution in [0.2, 0.25) is 0 Å². The van der Waals surface area contributed by atoms with Crippen LogP contribution in [0.15, 0.2) is 16.7 Å². The number of hydrogen-bond donors (Lipinski definition) is 3. The molecule has 1 atom stereocenters. The molecule has 1 unspecified atom stereocenters. The van der Waals surface area contributed by atoms with E-state index in [2.05, 4.69) is 26.2 Å². The number of aromatic amines is 1. The van der Waals surface area contributed by atoms with Crippen molar-refractivity contribution in [3.05, 3.63) is 22.4 Å². The lowest BCUT2D eigenvalue weighted by molar-refractivity contribution is 0.0919. The molecule has 0 aromatic carbocycles. The van der Waals surface area contributed by atoms with Crippen LogP contribution in [0, 0.1) is 5.92 Å². The zero-order valence-corrected chi connectivity index (χ0v) is 11.3. The standard InChI is InChI=1S/C12H18BrN3O/c13-9-5-10(15-7-9)12(17)16-11(6-14)8-3-1-2-4-8/h5,7-8,11,15H,1-4,6,14H2,(H,16,17). The van der Waals surface area contributed by atoms with Crippen LogP contribution in [0.4, 0.5) is 0 Å². The highest BCUT2D eigenvalue weighted by Gasteiger charge is 2.25. The van der Waals surface area contributed by atoms with Gasteiger partial charge in [0.15, 0.2) is 0 Å². The van der Waals surface area contributed by atoms with Crippen molar-refractivity contribution in [2.45, 2.75) is 31.7 Å². The molecule has 1 saturated carbocycles. The van der Waals surface area contributed by atoms with E-state index in [9.17, 15) is 4.79 Å². The van der Waals surface area contributed by atoms with E-state index >= 15 is 0 Å². The molecule has 17 heavy (non-hydrogen) atoms. The molecule has 4 N–H and O–H groups in total. The van der Waals surface area contributed by atoms with Crippen LogP contribution in [0.1, 0.15) is 36.2 Å². The van der Waals surface area contributed by atoms with Crippen LogP contribution >= 0.6 is 15.9 Å². The van der Waals surface area contributed by atoms with Gasteiger partial charge in [0.25, 0.3) is 5.91 Å². The Morgan fingerprint density at radius 1 is 1.59 bits per heavy atom. The fourth-order valence-corrected chi connectivity index (χ4v) is 2.82. The predicted octanol–water partition coefficient (Wildman–Crippen LogP) is 2.02. The molecule has 0 spiro atoms. The summed E-state index contributed by atoms with van der Waals surface area (Å²) in [5.41, 5.74) is 6.33. The molecule has 0 aliphatic heterocycles. The van der Waals surface area contributed by atoms with E-state index in [4.69, 9.17) is 5.73 Å². The van der Waals surface area contributed by atoms with Gasteiger partial charge in [-0.1, -0.05) is 12.8 Å². The number of nitrogens with two attached hydrogens (primary N) is 1. The van der Waals surface area contributed by atoms with Gasteiger partial charge in [-0.3, -0.25) is 4.79 Å². The number of rotatable bonds is 4. The maximum absolute atomic E-state index is 12.0. The number of hydrogen-bond acceptors (Lipinski definition) is 2. The summed E-state index contributed by atoms with van der Waals surface area (Å²) in [7, 11) is 0. The molecule has 0 radical (unpaired) electrons. The molecule has 1 aromatic heterocycles. The molecule has 0 saturated heterocycles. The van der Waals surface area contributed by atoms with Crippen molar-refractivity contribution in [2.24, 2.45) is 11.7 Å². The summed E-state index contributed by atoms with van der Waals surface area (Å²) in [4.78, 5) is 14.9. The van der Waals surface area contributed by atoms with Gasteiger partial charge in [-0.15, -0.1) is 0 Å². The average Bonchev–Trinajstić information content (AvgIpc) is 2.96. The van der Waals surface area contributed by atoms with E-state index in [-0.39, 0.29) is 11.9 Å². The highest BCUT2D eigenvalue weighted by molar-refractivity contribution is 9.10. The van der Waals surface area contributed by atoms with Crippen molar-refractivity contribution in [1.82, 2.24) is 10.3 Å². The minimum absolute atomic E-state index is 0.0712. The molecular formula is C12H18BrN3O. The molecule has 94 valence electrons. The van der Waals surface area contributed by atoms with Crippen molar-refractivity contribution < 1.29 is 4.79 Å². The summed E-state index contributed by atoms with van der Waals surface area (Å²) in [6.45, 7) is 0.512. The maximum atomic E-state index is 12.0. The molecule has 1 aromatic rings. The van der Waals surface area contributed by atoms with Crippen molar-refractivity contribution in [1.29, 1.82) is 0 Å². The highest BCUT2D eigenvalue weighted by Crippen LogP contribution is 2.27. The van der Waals surface area contributed by atoms with Crippen molar-refractivity contribution in [2.75, 3.05) is 6.54 Å². The Balaban J connectivity index is 1.96. The Bertz CT molecular complexity index is 385. The molecule has 1 aliphatic carbocycles. The quantitative estimate of drug-likeness (QED) is 0.796. The molecule has 0 bridgehead atoms. The van der Waals surface area contributed by atoms with E-state index in [1.165, 1.54) is 25.7 Å². The predicted molar refractivity (Wildman–Crippen MR) is 70.8 cm³/mol. The second-order valence-corrected chi connectivity index (χ2v) is 5.51. The fourth-order valence-electron chi connectivity index (χ4n) is 2.47. The van der Waals surface area contributed by atoms with Gasteiger partial charge < -0.3 is 16.0 Å². The van der Waals surface area contributed by atoms with E-state index in [1.807, 2.05) is 0 Å². The molecule has 4 nitrogen and oxygen atoms in total. The van der Waals surface area contributed by atoms with Crippen LogP contribution in [-0.4, -0.2) is 23.5 Å². The summed E-state index contributed by atoms with van der Waals surface area (Å²) in [5, 5.41) is 3.02. The first-order valence-electron chi connectivity index (χ1n) is 6.05. The number of amides is 1. The van der Waals surface area contributed by atoms with Crippen molar-refractivity contribution >= 4 is 21.8 Å². The van der Waals surface area contributed by atoms with E-state index in [0.717, 1.165) is 4.47 Å². The highest BCUT2D eigenvalue weighted by atomic mass is 79.9. The largest absolute Gasteiger partial charge is 0.356 e. The molecule has 1 fully saturated rings. The van der Waals surface area contributed by atoms with Crippen LogP contribution in [0.5, 0.6) is 0 Å². The van der Waals surface area contributed by atoms with Crippen LogP contribution in [-0.2, 0) is 0 Å². The molecule has 1 aliphatic rings. The van der Waals surface area contributed by atoms with Gasteiger partial charge in [0.05, 0.1) is 0 Å². The Hall–Kier alpha value is -0.810. The topological polar surface area (TPSA) is 70.9 Å². The SMILES string of the molecule is NCC(NC(=O)c1cc(Br)c[nH]1)C1CCCC1. The lowest BCUT2D eigenvalue weighted by atomic mass is 9.98. The van der Waals surface area contributed by atoms with Crippen LogP contribution in [0.3, 0.4) is 0 Å². The number of H-pyrrole nitrogens is 1. The monoisotopic (exact) mass is 299 g/mol. The molecule has 1 heterocycles. The van der Waals surface area contributed by atoms with E-state index < -0.39 is 0 Å².